The van der Waals surface area contributed by atoms with Gasteiger partial charge in [0.2, 0.25) is 5.89 Å². The Morgan fingerprint density at radius 2 is 2.05 bits per heavy atom. The van der Waals surface area contributed by atoms with Crippen molar-refractivity contribution >= 4 is 11.9 Å². The van der Waals surface area contributed by atoms with Crippen LogP contribution in [-0.4, -0.2) is 66.2 Å². The average molecular weight is 305 g/mol. The maximum absolute atomic E-state index is 12.2. The van der Waals surface area contributed by atoms with Gasteiger partial charge in [0.1, 0.15) is 0 Å². The van der Waals surface area contributed by atoms with Gasteiger partial charge in [0, 0.05) is 40.3 Å². The third-order valence-electron chi connectivity index (χ3n) is 3.59. The summed E-state index contributed by atoms with van der Waals surface area (Å²) in [6.07, 6.45) is 1.52. The Morgan fingerprint density at radius 1 is 1.27 bits per heavy atom. The molecule has 0 aromatic carbocycles. The molecule has 1 amide bonds. The zero-order valence-electron chi connectivity index (χ0n) is 12.7. The van der Waals surface area contributed by atoms with Crippen LogP contribution >= 0.6 is 0 Å². The highest BCUT2D eigenvalue weighted by Gasteiger charge is 2.24. The van der Waals surface area contributed by atoms with Crippen molar-refractivity contribution in [2.24, 2.45) is 0 Å². The number of hydrogen-bond donors (Lipinski definition) is 0. The molecule has 0 unspecified atom stereocenters. The van der Waals surface area contributed by atoms with E-state index in [0.29, 0.717) is 37.3 Å². The van der Waals surface area contributed by atoms with Gasteiger partial charge in [-0.15, -0.1) is 5.10 Å². The largest absolute Gasteiger partial charge is 0.459 e. The smallest absolute Gasteiger partial charge is 0.317 e. The van der Waals surface area contributed by atoms with Crippen molar-refractivity contribution in [1.82, 2.24) is 20.0 Å². The van der Waals surface area contributed by atoms with Gasteiger partial charge < -0.3 is 18.6 Å². The fraction of sp³-hybridized carbons (Fsp3) is 0.500. The standard InChI is InChI=1S/C14H19N5O3/c1-17(2)14-16-15-12(22-14)10-18-5-7-19(8-6-18)13(20)11-4-3-9-21-11/h3-4,9H,5-8,10H2,1-2H3. The van der Waals surface area contributed by atoms with Crippen molar-refractivity contribution in [3.63, 3.8) is 0 Å². The molecule has 22 heavy (non-hydrogen) atoms. The lowest BCUT2D eigenvalue weighted by atomic mass is 10.3. The SMILES string of the molecule is CN(C)c1nnc(CN2CCN(C(=O)c3ccco3)CC2)o1. The summed E-state index contributed by atoms with van der Waals surface area (Å²) in [5.41, 5.74) is 0. The molecule has 0 bridgehead atoms. The molecule has 0 aliphatic carbocycles. The molecule has 1 saturated heterocycles. The summed E-state index contributed by atoms with van der Waals surface area (Å²) in [5, 5.41) is 7.99. The maximum atomic E-state index is 12.2. The van der Waals surface area contributed by atoms with Gasteiger partial charge in [-0.2, -0.15) is 0 Å². The van der Waals surface area contributed by atoms with E-state index >= 15 is 0 Å². The lowest BCUT2D eigenvalue weighted by molar-refractivity contribution is 0.0588. The van der Waals surface area contributed by atoms with Crippen LogP contribution in [0.3, 0.4) is 0 Å². The summed E-state index contributed by atoms with van der Waals surface area (Å²) in [6.45, 7) is 3.46. The molecule has 8 nitrogen and oxygen atoms in total. The summed E-state index contributed by atoms with van der Waals surface area (Å²) < 4.78 is 10.7. The molecule has 3 heterocycles. The molecule has 0 N–H and O–H groups in total. The number of furan rings is 1. The Balaban J connectivity index is 1.52. The summed E-state index contributed by atoms with van der Waals surface area (Å²) >= 11 is 0. The molecule has 2 aromatic heterocycles. The maximum Gasteiger partial charge on any atom is 0.317 e. The first kappa shape index (κ1) is 14.6. The Morgan fingerprint density at radius 3 is 2.64 bits per heavy atom. The van der Waals surface area contributed by atoms with Gasteiger partial charge in [-0.3, -0.25) is 9.69 Å². The molecule has 0 saturated carbocycles. The summed E-state index contributed by atoms with van der Waals surface area (Å²) in [7, 11) is 3.71. The summed E-state index contributed by atoms with van der Waals surface area (Å²) in [6, 6.07) is 3.92. The van der Waals surface area contributed by atoms with Gasteiger partial charge in [0.15, 0.2) is 5.76 Å². The highest BCUT2D eigenvalue weighted by molar-refractivity contribution is 5.91. The van der Waals surface area contributed by atoms with Crippen molar-refractivity contribution < 1.29 is 13.6 Å². The molecule has 1 aliphatic heterocycles. The first-order valence-corrected chi connectivity index (χ1v) is 7.18. The monoisotopic (exact) mass is 305 g/mol. The van der Waals surface area contributed by atoms with E-state index in [4.69, 9.17) is 8.83 Å². The quantitative estimate of drug-likeness (QED) is 0.822. The summed E-state index contributed by atoms with van der Waals surface area (Å²) in [5.74, 6) is 0.924. The van der Waals surface area contributed by atoms with Gasteiger partial charge in [-0.1, -0.05) is 5.10 Å². The van der Waals surface area contributed by atoms with Crippen LogP contribution in [0.4, 0.5) is 6.01 Å². The van der Waals surface area contributed by atoms with Crippen molar-refractivity contribution in [3.05, 3.63) is 30.0 Å². The number of amides is 1. The zero-order valence-corrected chi connectivity index (χ0v) is 12.7. The Hall–Kier alpha value is -2.35. The van der Waals surface area contributed by atoms with Gasteiger partial charge in [-0.05, 0) is 12.1 Å². The predicted octanol–water partition coefficient (Wildman–Crippen LogP) is 0.687. The van der Waals surface area contributed by atoms with Crippen molar-refractivity contribution in [1.29, 1.82) is 0 Å². The molecule has 2 aromatic rings. The number of carbonyl (C=O) groups excluding carboxylic acids is 1. The third-order valence-corrected chi connectivity index (χ3v) is 3.59. The number of nitrogens with zero attached hydrogens (tertiary/aromatic N) is 5. The van der Waals surface area contributed by atoms with E-state index in [1.807, 2.05) is 14.1 Å². The van der Waals surface area contributed by atoms with Gasteiger partial charge in [-0.25, -0.2) is 0 Å². The highest BCUT2D eigenvalue weighted by Crippen LogP contribution is 2.13. The molecule has 1 aliphatic rings. The van der Waals surface area contributed by atoms with E-state index in [1.54, 1.807) is 21.9 Å². The molecule has 0 radical (unpaired) electrons. The lowest BCUT2D eigenvalue weighted by Crippen LogP contribution is -2.48. The van der Waals surface area contributed by atoms with Crippen LogP contribution in [0.1, 0.15) is 16.4 Å². The molecule has 0 atom stereocenters. The number of rotatable bonds is 4. The minimum Gasteiger partial charge on any atom is -0.459 e. The normalized spacial score (nSPS) is 16.0. The number of aromatic nitrogens is 2. The fourth-order valence-electron chi connectivity index (χ4n) is 2.35. The van der Waals surface area contributed by atoms with Crippen molar-refractivity contribution in [2.45, 2.75) is 6.54 Å². The van der Waals surface area contributed by atoms with Crippen LogP contribution in [0.15, 0.2) is 27.2 Å². The molecular formula is C14H19N5O3. The molecule has 118 valence electrons. The van der Waals surface area contributed by atoms with E-state index in [-0.39, 0.29) is 5.91 Å². The number of piperazine rings is 1. The minimum atomic E-state index is -0.0580. The number of hydrogen-bond acceptors (Lipinski definition) is 7. The van der Waals surface area contributed by atoms with E-state index < -0.39 is 0 Å². The Labute approximate surface area is 128 Å². The lowest BCUT2D eigenvalue weighted by Gasteiger charge is -2.33. The van der Waals surface area contributed by atoms with E-state index in [1.165, 1.54) is 6.26 Å². The third kappa shape index (κ3) is 3.11. The van der Waals surface area contributed by atoms with Crippen LogP contribution in [0, 0.1) is 0 Å². The zero-order chi connectivity index (χ0) is 15.5. The fourth-order valence-corrected chi connectivity index (χ4v) is 2.35. The van der Waals surface area contributed by atoms with Crippen LogP contribution in [0.25, 0.3) is 0 Å². The van der Waals surface area contributed by atoms with Crippen LogP contribution in [0.5, 0.6) is 0 Å². The second-order valence-corrected chi connectivity index (χ2v) is 5.42. The molecule has 3 rings (SSSR count). The second-order valence-electron chi connectivity index (χ2n) is 5.42. The van der Waals surface area contributed by atoms with E-state index in [0.717, 1.165) is 13.1 Å². The number of carbonyl (C=O) groups is 1. The molecule has 1 fully saturated rings. The Kier molecular flexibility index (Phi) is 4.10. The first-order chi connectivity index (χ1) is 10.6. The van der Waals surface area contributed by atoms with Gasteiger partial charge >= 0.3 is 6.01 Å². The van der Waals surface area contributed by atoms with E-state index in [9.17, 15) is 4.79 Å². The minimum absolute atomic E-state index is 0.0580. The Bertz CT molecular complexity index is 614. The van der Waals surface area contributed by atoms with Crippen LogP contribution in [0.2, 0.25) is 0 Å². The number of anilines is 1. The molecule has 8 heteroatoms. The average Bonchev–Trinajstić information content (AvgIpc) is 3.19. The molecule has 0 spiro atoms. The van der Waals surface area contributed by atoms with E-state index in [2.05, 4.69) is 15.1 Å². The summed E-state index contributed by atoms with van der Waals surface area (Å²) in [4.78, 5) is 17.9. The predicted molar refractivity (Wildman–Crippen MR) is 78.5 cm³/mol. The van der Waals surface area contributed by atoms with Crippen LogP contribution in [-0.2, 0) is 6.54 Å². The highest BCUT2D eigenvalue weighted by atomic mass is 16.4. The topological polar surface area (TPSA) is 78.9 Å². The van der Waals surface area contributed by atoms with Gasteiger partial charge in [0.25, 0.3) is 5.91 Å². The first-order valence-electron chi connectivity index (χ1n) is 7.18. The van der Waals surface area contributed by atoms with Crippen molar-refractivity contribution in [2.75, 3.05) is 45.2 Å². The van der Waals surface area contributed by atoms with Crippen LogP contribution < -0.4 is 4.90 Å². The molecular weight excluding hydrogens is 286 g/mol. The van der Waals surface area contributed by atoms with Crippen molar-refractivity contribution in [3.8, 4) is 0 Å². The second kappa shape index (κ2) is 6.18. The van der Waals surface area contributed by atoms with Gasteiger partial charge in [0.05, 0.1) is 12.8 Å².